The molecular formula is C19H31N3O2. The average molecular weight is 333 g/mol. The first-order valence-electron chi connectivity index (χ1n) is 9.69. The number of aliphatic imine (C=N–C) groups is 1. The lowest BCUT2D eigenvalue weighted by molar-refractivity contribution is -0.143. The van der Waals surface area contributed by atoms with Crippen molar-refractivity contribution in [2.45, 2.75) is 83.7 Å². The van der Waals surface area contributed by atoms with Gasteiger partial charge in [-0.3, -0.25) is 19.5 Å². The number of nitrogens with zero attached hydrogens (tertiary/aromatic N) is 3. The van der Waals surface area contributed by atoms with Gasteiger partial charge in [0.15, 0.2) is 0 Å². The smallest absolute Gasteiger partial charge is 0.256 e. The summed E-state index contributed by atoms with van der Waals surface area (Å²) in [5, 5.41) is 0. The summed E-state index contributed by atoms with van der Waals surface area (Å²) in [6.45, 7) is 7.65. The monoisotopic (exact) mass is 333 g/mol. The Balaban J connectivity index is 1.70. The van der Waals surface area contributed by atoms with Crippen LogP contribution in [0, 0.1) is 5.92 Å². The lowest BCUT2D eigenvalue weighted by atomic mass is 9.82. The predicted molar refractivity (Wildman–Crippen MR) is 94.8 cm³/mol. The van der Waals surface area contributed by atoms with Crippen molar-refractivity contribution in [2.75, 3.05) is 13.1 Å². The standard InChI is InChI=1S/C19H31N3O2/c1-4-5-9-16-20-19(18(24)22(16)14(2)3)10-12-21(13-11-19)17(23)15-7-6-8-15/h14-15H,4-13H2,1-3H3. The maximum atomic E-state index is 13.1. The molecule has 0 N–H and O–H groups in total. The van der Waals surface area contributed by atoms with E-state index >= 15 is 0 Å². The van der Waals surface area contributed by atoms with E-state index in [-0.39, 0.29) is 17.9 Å². The molecule has 134 valence electrons. The predicted octanol–water partition coefficient (Wildman–Crippen LogP) is 2.99. The second kappa shape index (κ2) is 6.85. The first-order valence-corrected chi connectivity index (χ1v) is 9.69. The van der Waals surface area contributed by atoms with E-state index < -0.39 is 5.54 Å². The van der Waals surface area contributed by atoms with Crippen LogP contribution in [-0.2, 0) is 9.59 Å². The van der Waals surface area contributed by atoms with E-state index in [1.165, 1.54) is 6.42 Å². The zero-order chi connectivity index (χ0) is 17.3. The highest BCUT2D eigenvalue weighted by Gasteiger charge is 2.50. The molecule has 0 radical (unpaired) electrons. The zero-order valence-electron chi connectivity index (χ0n) is 15.4. The number of carbonyl (C=O) groups is 2. The van der Waals surface area contributed by atoms with Gasteiger partial charge in [0.25, 0.3) is 5.91 Å². The minimum absolute atomic E-state index is 0.155. The van der Waals surface area contributed by atoms with Crippen molar-refractivity contribution in [2.24, 2.45) is 10.9 Å². The Labute approximate surface area is 145 Å². The lowest BCUT2D eigenvalue weighted by Crippen LogP contribution is -2.53. The molecule has 0 unspecified atom stereocenters. The van der Waals surface area contributed by atoms with E-state index in [9.17, 15) is 9.59 Å². The normalized spacial score (nSPS) is 23.8. The van der Waals surface area contributed by atoms with Gasteiger partial charge in [0.2, 0.25) is 5.91 Å². The fourth-order valence-electron chi connectivity index (χ4n) is 4.07. The van der Waals surface area contributed by atoms with Crippen LogP contribution in [0.4, 0.5) is 0 Å². The highest BCUT2D eigenvalue weighted by molar-refractivity contribution is 6.08. The summed E-state index contributed by atoms with van der Waals surface area (Å²) in [6.07, 6.45) is 7.69. The third-order valence-electron chi connectivity index (χ3n) is 5.87. The van der Waals surface area contributed by atoms with Crippen LogP contribution in [0.3, 0.4) is 0 Å². The average Bonchev–Trinajstić information content (AvgIpc) is 2.76. The van der Waals surface area contributed by atoms with Crippen LogP contribution in [-0.4, -0.2) is 52.1 Å². The second-order valence-electron chi connectivity index (χ2n) is 7.89. The van der Waals surface area contributed by atoms with Gasteiger partial charge in [-0.15, -0.1) is 0 Å². The Morgan fingerprint density at radius 2 is 1.96 bits per heavy atom. The molecule has 1 spiro atoms. The number of unbranched alkanes of at least 4 members (excludes halogenated alkanes) is 1. The van der Waals surface area contributed by atoms with Gasteiger partial charge in [0.1, 0.15) is 11.4 Å². The molecule has 5 heteroatoms. The Kier molecular flexibility index (Phi) is 4.97. The molecule has 1 saturated carbocycles. The molecule has 0 aromatic heterocycles. The molecule has 0 aromatic carbocycles. The summed E-state index contributed by atoms with van der Waals surface area (Å²) < 4.78 is 0. The summed E-state index contributed by atoms with van der Waals surface area (Å²) in [4.78, 5) is 34.3. The molecule has 3 rings (SSSR count). The van der Waals surface area contributed by atoms with Crippen LogP contribution >= 0.6 is 0 Å². The maximum absolute atomic E-state index is 13.1. The molecule has 0 atom stereocenters. The summed E-state index contributed by atoms with van der Waals surface area (Å²) in [7, 11) is 0. The van der Waals surface area contributed by atoms with Crippen LogP contribution < -0.4 is 0 Å². The van der Waals surface area contributed by atoms with Gasteiger partial charge in [0.05, 0.1) is 0 Å². The molecule has 3 aliphatic rings. The van der Waals surface area contributed by atoms with E-state index in [2.05, 4.69) is 20.8 Å². The lowest BCUT2D eigenvalue weighted by Gasteiger charge is -2.39. The highest BCUT2D eigenvalue weighted by Crippen LogP contribution is 2.37. The largest absolute Gasteiger partial charge is 0.342 e. The van der Waals surface area contributed by atoms with Crippen LogP contribution in [0.5, 0.6) is 0 Å². The van der Waals surface area contributed by atoms with Crippen molar-refractivity contribution in [3.8, 4) is 0 Å². The molecule has 1 saturated heterocycles. The molecule has 2 fully saturated rings. The first kappa shape index (κ1) is 17.4. The van der Waals surface area contributed by atoms with Gasteiger partial charge in [0, 0.05) is 31.5 Å². The molecule has 24 heavy (non-hydrogen) atoms. The third-order valence-corrected chi connectivity index (χ3v) is 5.87. The quantitative estimate of drug-likeness (QED) is 0.776. The Hall–Kier alpha value is -1.39. The summed E-state index contributed by atoms with van der Waals surface area (Å²) in [5.41, 5.74) is -0.594. The van der Waals surface area contributed by atoms with Crippen LogP contribution in [0.25, 0.3) is 0 Å². The van der Waals surface area contributed by atoms with Gasteiger partial charge >= 0.3 is 0 Å². The van der Waals surface area contributed by atoms with Crippen molar-refractivity contribution in [3.63, 3.8) is 0 Å². The fraction of sp³-hybridized carbons (Fsp3) is 0.842. The Bertz CT molecular complexity index is 529. The van der Waals surface area contributed by atoms with Crippen molar-refractivity contribution in [3.05, 3.63) is 0 Å². The number of rotatable bonds is 5. The van der Waals surface area contributed by atoms with E-state index in [0.29, 0.717) is 31.8 Å². The molecule has 2 aliphatic heterocycles. The first-order chi connectivity index (χ1) is 11.5. The summed E-state index contributed by atoms with van der Waals surface area (Å²) >= 11 is 0. The van der Waals surface area contributed by atoms with Crippen molar-refractivity contribution < 1.29 is 9.59 Å². The van der Waals surface area contributed by atoms with Crippen LogP contribution in [0.1, 0.15) is 72.1 Å². The van der Waals surface area contributed by atoms with Gasteiger partial charge in [-0.1, -0.05) is 19.8 Å². The number of carbonyl (C=O) groups excluding carboxylic acids is 2. The van der Waals surface area contributed by atoms with Gasteiger partial charge in [-0.2, -0.15) is 0 Å². The molecule has 1 aliphatic carbocycles. The Morgan fingerprint density at radius 3 is 2.46 bits per heavy atom. The van der Waals surface area contributed by atoms with Gasteiger partial charge in [-0.05, 0) is 46.0 Å². The Morgan fingerprint density at radius 1 is 1.29 bits per heavy atom. The van der Waals surface area contributed by atoms with Gasteiger partial charge in [-0.25, -0.2) is 0 Å². The van der Waals surface area contributed by atoms with Crippen molar-refractivity contribution >= 4 is 17.6 Å². The van der Waals surface area contributed by atoms with Gasteiger partial charge < -0.3 is 4.90 Å². The molecule has 0 aromatic rings. The highest BCUT2D eigenvalue weighted by atomic mass is 16.2. The number of piperidine rings is 1. The zero-order valence-corrected chi connectivity index (χ0v) is 15.4. The van der Waals surface area contributed by atoms with Crippen molar-refractivity contribution in [1.82, 2.24) is 9.80 Å². The maximum Gasteiger partial charge on any atom is 0.256 e. The minimum atomic E-state index is -0.594. The molecule has 0 bridgehead atoms. The molecule has 2 heterocycles. The minimum Gasteiger partial charge on any atom is -0.342 e. The van der Waals surface area contributed by atoms with Crippen LogP contribution in [0.15, 0.2) is 4.99 Å². The summed E-state index contributed by atoms with van der Waals surface area (Å²) in [5.74, 6) is 1.68. The van der Waals surface area contributed by atoms with E-state index in [4.69, 9.17) is 4.99 Å². The van der Waals surface area contributed by atoms with Crippen molar-refractivity contribution in [1.29, 1.82) is 0 Å². The number of hydrogen-bond donors (Lipinski definition) is 0. The fourth-order valence-corrected chi connectivity index (χ4v) is 4.07. The second-order valence-corrected chi connectivity index (χ2v) is 7.89. The van der Waals surface area contributed by atoms with E-state index in [0.717, 1.165) is 37.9 Å². The SMILES string of the molecule is CCCCC1=NC2(CCN(C(=O)C3CCC3)CC2)C(=O)N1C(C)C. The molecular weight excluding hydrogens is 302 g/mol. The number of hydrogen-bond acceptors (Lipinski definition) is 3. The van der Waals surface area contributed by atoms with E-state index in [1.54, 1.807) is 0 Å². The topological polar surface area (TPSA) is 53.0 Å². The van der Waals surface area contributed by atoms with E-state index in [1.807, 2.05) is 9.80 Å². The number of likely N-dealkylation sites (tertiary alicyclic amines) is 1. The van der Waals surface area contributed by atoms with Crippen LogP contribution in [0.2, 0.25) is 0 Å². The molecule has 5 nitrogen and oxygen atoms in total. The molecule has 2 amide bonds. The number of amidine groups is 1. The summed E-state index contributed by atoms with van der Waals surface area (Å²) in [6, 6.07) is 0.155. The number of amides is 2. The third kappa shape index (κ3) is 2.98.